The van der Waals surface area contributed by atoms with E-state index in [2.05, 4.69) is 4.98 Å². The Morgan fingerprint density at radius 2 is 1.78 bits per heavy atom. The number of H-pyrrole nitrogens is 1. The van der Waals surface area contributed by atoms with Crippen molar-refractivity contribution < 1.29 is 19.2 Å². The number of rotatable bonds is 10. The molecule has 0 aliphatic carbocycles. The minimum absolute atomic E-state index is 0.0466. The minimum Gasteiger partial charge on any atom is -0.364 e. The molecule has 1 heterocycles. The molecule has 7 heteroatoms. The van der Waals surface area contributed by atoms with Crippen LogP contribution in [0.4, 0.5) is 0 Å². The lowest BCUT2D eigenvalue weighted by molar-refractivity contribution is -0.543. The van der Waals surface area contributed by atoms with Gasteiger partial charge in [-0.3, -0.25) is 14.9 Å². The number of hydrogen-bond donors (Lipinski definition) is 1. The lowest BCUT2D eigenvalue weighted by Gasteiger charge is -2.33. The zero-order valence-electron chi connectivity index (χ0n) is 16.0. The number of ether oxygens (including phenoxy) is 2. The highest BCUT2D eigenvalue weighted by molar-refractivity contribution is 5.82. The number of hydrogen-bond acceptors (Lipinski definition) is 5. The van der Waals surface area contributed by atoms with Crippen LogP contribution in [0.2, 0.25) is 0 Å². The molecule has 2 atom stereocenters. The fraction of sp³-hybridized carbons (Fsp3) is 0.450. The summed E-state index contributed by atoms with van der Waals surface area (Å²) in [6.07, 6.45) is 0.666. The summed E-state index contributed by atoms with van der Waals surface area (Å²) in [7, 11) is 2.74. The van der Waals surface area contributed by atoms with Gasteiger partial charge in [0.1, 0.15) is 0 Å². The van der Waals surface area contributed by atoms with Crippen molar-refractivity contribution in [3.63, 3.8) is 0 Å². The Morgan fingerprint density at radius 3 is 2.26 bits per heavy atom. The molecule has 1 N–H and O–H groups in total. The van der Waals surface area contributed by atoms with Crippen molar-refractivity contribution in [2.75, 3.05) is 14.2 Å². The molecule has 0 saturated carbocycles. The van der Waals surface area contributed by atoms with Crippen LogP contribution in [0, 0.1) is 15.5 Å². The predicted molar refractivity (Wildman–Crippen MR) is 101 cm³/mol. The van der Waals surface area contributed by atoms with Crippen molar-refractivity contribution >= 4 is 5.78 Å². The largest absolute Gasteiger partial charge is 0.364 e. The van der Waals surface area contributed by atoms with Crippen LogP contribution in [-0.4, -0.2) is 42.2 Å². The Bertz CT molecular complexity index is 739. The molecule has 0 radical (unpaired) electrons. The first-order valence-corrected chi connectivity index (χ1v) is 8.72. The highest BCUT2D eigenvalue weighted by Gasteiger charge is 2.48. The molecule has 0 bridgehead atoms. The normalized spacial score (nSPS) is 14.1. The fourth-order valence-electron chi connectivity index (χ4n) is 3.58. The van der Waals surface area contributed by atoms with Gasteiger partial charge in [-0.05, 0) is 17.7 Å². The van der Waals surface area contributed by atoms with Crippen molar-refractivity contribution in [1.82, 2.24) is 4.98 Å². The maximum absolute atomic E-state index is 12.5. The zero-order valence-corrected chi connectivity index (χ0v) is 16.0. The lowest BCUT2D eigenvalue weighted by atomic mass is 9.71. The summed E-state index contributed by atoms with van der Waals surface area (Å²) in [5.41, 5.74) is 0.609. The third-order valence-corrected chi connectivity index (χ3v) is 4.78. The maximum Gasteiger partial charge on any atom is 0.230 e. The quantitative estimate of drug-likeness (QED) is 0.391. The standard InChI is InChI=1S/C20H26N2O5/c1-20(2,13-16(23)19(26-3)27-4)18(22(24)25)17(15-11-8-12-21-15)14-9-6-5-7-10-14/h5-12,17-19,21H,13H2,1-4H3. The number of nitrogens with one attached hydrogen (secondary N) is 1. The first-order valence-electron chi connectivity index (χ1n) is 8.72. The Balaban J connectivity index is 2.45. The molecule has 2 rings (SSSR count). The molecule has 146 valence electrons. The molecule has 0 spiro atoms. The van der Waals surface area contributed by atoms with Gasteiger partial charge in [0.25, 0.3) is 0 Å². The molecule has 0 aliphatic heterocycles. The average molecular weight is 374 g/mol. The second kappa shape index (κ2) is 8.92. The van der Waals surface area contributed by atoms with Crippen molar-refractivity contribution in [2.45, 2.75) is 38.5 Å². The molecular weight excluding hydrogens is 348 g/mol. The zero-order chi connectivity index (χ0) is 20.0. The van der Waals surface area contributed by atoms with Crippen LogP contribution >= 0.6 is 0 Å². The van der Waals surface area contributed by atoms with E-state index in [9.17, 15) is 14.9 Å². The minimum atomic E-state index is -1.03. The Kier molecular flexibility index (Phi) is 6.87. The van der Waals surface area contributed by atoms with Crippen LogP contribution in [0.5, 0.6) is 0 Å². The SMILES string of the molecule is COC(OC)C(=O)CC(C)(C)C(C(c1ccccc1)c1ccc[nH]1)[N+](=O)[O-]. The number of aromatic nitrogens is 1. The molecule has 1 aromatic carbocycles. The van der Waals surface area contributed by atoms with Gasteiger partial charge in [-0.2, -0.15) is 0 Å². The number of ketones is 1. The van der Waals surface area contributed by atoms with Crippen LogP contribution in [0.1, 0.15) is 37.4 Å². The predicted octanol–water partition coefficient (Wildman–Crippen LogP) is 3.40. The van der Waals surface area contributed by atoms with Crippen molar-refractivity contribution in [2.24, 2.45) is 5.41 Å². The first kappa shape index (κ1) is 20.8. The van der Waals surface area contributed by atoms with E-state index in [1.54, 1.807) is 20.0 Å². The second-order valence-corrected chi connectivity index (χ2v) is 7.18. The Hall–Kier alpha value is -2.51. The van der Waals surface area contributed by atoms with Crippen molar-refractivity contribution in [3.05, 3.63) is 70.0 Å². The first-order chi connectivity index (χ1) is 12.8. The van der Waals surface area contributed by atoms with Gasteiger partial charge in [-0.15, -0.1) is 0 Å². The fourth-order valence-corrected chi connectivity index (χ4v) is 3.58. The highest BCUT2D eigenvalue weighted by Crippen LogP contribution is 2.40. The average Bonchev–Trinajstić information content (AvgIpc) is 3.14. The second-order valence-electron chi connectivity index (χ2n) is 7.18. The monoisotopic (exact) mass is 374 g/mol. The number of aromatic amines is 1. The number of carbonyl (C=O) groups is 1. The number of nitrogens with zero attached hydrogens (tertiary/aromatic N) is 1. The van der Waals surface area contributed by atoms with Gasteiger partial charge in [0.15, 0.2) is 5.78 Å². The molecule has 0 amide bonds. The van der Waals surface area contributed by atoms with E-state index in [1.807, 2.05) is 42.5 Å². The Morgan fingerprint density at radius 1 is 1.15 bits per heavy atom. The van der Waals surface area contributed by atoms with Gasteiger partial charge in [-0.25, -0.2) is 0 Å². The topological polar surface area (TPSA) is 94.5 Å². The molecule has 0 fully saturated rings. The molecule has 2 aromatic rings. The van der Waals surface area contributed by atoms with Gasteiger partial charge >= 0.3 is 0 Å². The lowest BCUT2D eigenvalue weighted by Crippen LogP contribution is -2.44. The van der Waals surface area contributed by atoms with Crippen LogP contribution in [0.15, 0.2) is 48.7 Å². The van der Waals surface area contributed by atoms with E-state index in [0.29, 0.717) is 0 Å². The molecular formula is C20H26N2O5. The number of nitro groups is 1. The molecule has 0 saturated heterocycles. The highest BCUT2D eigenvalue weighted by atomic mass is 16.7. The van der Waals surface area contributed by atoms with Crippen molar-refractivity contribution in [1.29, 1.82) is 0 Å². The van der Waals surface area contributed by atoms with Crippen LogP contribution < -0.4 is 0 Å². The summed E-state index contributed by atoms with van der Waals surface area (Å²) in [5, 5.41) is 12.2. The van der Waals surface area contributed by atoms with Crippen LogP contribution in [0.3, 0.4) is 0 Å². The summed E-state index contributed by atoms with van der Waals surface area (Å²) in [6, 6.07) is 11.9. The molecule has 1 aromatic heterocycles. The van der Waals surface area contributed by atoms with Crippen LogP contribution in [0.25, 0.3) is 0 Å². The summed E-state index contributed by atoms with van der Waals surface area (Å²) in [4.78, 5) is 27.5. The van der Waals surface area contributed by atoms with Gasteiger partial charge in [0, 0.05) is 42.9 Å². The van der Waals surface area contributed by atoms with E-state index in [1.165, 1.54) is 14.2 Å². The number of carbonyl (C=O) groups excluding carboxylic acids is 1. The number of Topliss-reactive ketones (excluding diaryl/α,β-unsaturated/α-hetero) is 1. The molecule has 27 heavy (non-hydrogen) atoms. The summed E-state index contributed by atoms with van der Waals surface area (Å²) >= 11 is 0. The molecule has 2 unspecified atom stereocenters. The van der Waals surface area contributed by atoms with Crippen molar-refractivity contribution in [3.8, 4) is 0 Å². The summed E-state index contributed by atoms with van der Waals surface area (Å²) in [5.74, 6) is -0.849. The van der Waals surface area contributed by atoms with E-state index in [4.69, 9.17) is 9.47 Å². The maximum atomic E-state index is 12.5. The number of methoxy groups -OCH3 is 2. The van der Waals surface area contributed by atoms with Gasteiger partial charge in [0.05, 0.1) is 5.92 Å². The van der Waals surface area contributed by atoms with E-state index in [-0.39, 0.29) is 17.1 Å². The summed E-state index contributed by atoms with van der Waals surface area (Å²) in [6.45, 7) is 3.47. The Labute approximate surface area is 158 Å². The number of benzene rings is 1. The third kappa shape index (κ3) is 4.81. The molecule has 0 aliphatic rings. The van der Waals surface area contributed by atoms with E-state index >= 15 is 0 Å². The summed E-state index contributed by atoms with van der Waals surface area (Å²) < 4.78 is 10.0. The van der Waals surface area contributed by atoms with E-state index in [0.717, 1.165) is 11.3 Å². The van der Waals surface area contributed by atoms with Gasteiger partial charge in [-0.1, -0.05) is 44.2 Å². The van der Waals surface area contributed by atoms with Gasteiger partial charge < -0.3 is 14.5 Å². The molecule has 7 nitrogen and oxygen atoms in total. The third-order valence-electron chi connectivity index (χ3n) is 4.78. The van der Waals surface area contributed by atoms with Gasteiger partial charge in [0.2, 0.25) is 12.3 Å². The smallest absolute Gasteiger partial charge is 0.230 e. The van der Waals surface area contributed by atoms with E-state index < -0.39 is 23.7 Å². The van der Waals surface area contributed by atoms with Crippen LogP contribution in [-0.2, 0) is 14.3 Å².